The highest BCUT2D eigenvalue weighted by atomic mass is 35.5. The molecule has 104 valence electrons. The molecule has 1 atom stereocenters. The molecule has 0 saturated carbocycles. The van der Waals surface area contributed by atoms with Gasteiger partial charge in [-0.1, -0.05) is 17.7 Å². The summed E-state index contributed by atoms with van der Waals surface area (Å²) in [4.78, 5) is 16.1. The molecule has 1 aromatic heterocycles. The number of hydrogen-bond acceptors (Lipinski definition) is 3. The lowest BCUT2D eigenvalue weighted by atomic mass is 10.3. The zero-order valence-corrected chi connectivity index (χ0v) is 12.0. The van der Waals surface area contributed by atoms with Gasteiger partial charge in [-0.3, -0.25) is 4.79 Å². The van der Waals surface area contributed by atoms with Crippen LogP contribution in [0.25, 0.3) is 0 Å². The number of nitrogens with zero attached hydrogens (tertiary/aromatic N) is 1. The number of benzene rings is 1. The van der Waals surface area contributed by atoms with Crippen molar-refractivity contribution < 1.29 is 9.53 Å². The fraction of sp³-hybridized carbons (Fsp3) is 0.200. The van der Waals surface area contributed by atoms with Crippen molar-refractivity contribution >= 4 is 23.3 Å². The molecule has 4 nitrogen and oxygen atoms in total. The molecule has 0 aliphatic carbocycles. The van der Waals surface area contributed by atoms with Crippen molar-refractivity contribution in [2.24, 2.45) is 0 Å². The second-order valence-corrected chi connectivity index (χ2v) is 4.86. The van der Waals surface area contributed by atoms with E-state index in [2.05, 4.69) is 10.3 Å². The third-order valence-electron chi connectivity index (χ3n) is 2.66. The molecule has 0 aliphatic rings. The van der Waals surface area contributed by atoms with Gasteiger partial charge < -0.3 is 10.1 Å². The highest BCUT2D eigenvalue weighted by Crippen LogP contribution is 2.17. The van der Waals surface area contributed by atoms with Crippen molar-refractivity contribution in [1.29, 1.82) is 0 Å². The van der Waals surface area contributed by atoms with Gasteiger partial charge in [0.15, 0.2) is 6.10 Å². The lowest BCUT2D eigenvalue weighted by Gasteiger charge is -2.14. The van der Waals surface area contributed by atoms with Gasteiger partial charge in [-0.15, -0.1) is 0 Å². The molecular formula is C15H15ClN2O2. The van der Waals surface area contributed by atoms with Crippen LogP contribution in [0.2, 0.25) is 5.02 Å². The Bertz CT molecular complexity index is 582. The molecular weight excluding hydrogens is 276 g/mol. The van der Waals surface area contributed by atoms with E-state index in [1.54, 1.807) is 43.5 Å². The number of carbonyl (C=O) groups is 1. The number of rotatable bonds is 4. The predicted molar refractivity (Wildman–Crippen MR) is 79.1 cm³/mol. The molecule has 5 heteroatoms. The molecule has 0 spiro atoms. The number of ether oxygens (including phenoxy) is 1. The van der Waals surface area contributed by atoms with Crippen LogP contribution in [-0.2, 0) is 4.79 Å². The van der Waals surface area contributed by atoms with E-state index >= 15 is 0 Å². The Labute approximate surface area is 122 Å². The maximum Gasteiger partial charge on any atom is 0.266 e. The minimum absolute atomic E-state index is 0.253. The molecule has 20 heavy (non-hydrogen) atoms. The molecule has 0 radical (unpaired) electrons. The smallest absolute Gasteiger partial charge is 0.266 e. The van der Waals surface area contributed by atoms with Gasteiger partial charge in [-0.25, -0.2) is 4.98 Å². The predicted octanol–water partition coefficient (Wildman–Crippen LogP) is 3.45. The number of aryl methyl sites for hydroxylation is 1. The second-order valence-electron chi connectivity index (χ2n) is 4.42. The first kappa shape index (κ1) is 14.3. The van der Waals surface area contributed by atoms with Gasteiger partial charge in [0.2, 0.25) is 0 Å². The number of amides is 1. The van der Waals surface area contributed by atoms with Crippen LogP contribution < -0.4 is 10.1 Å². The highest BCUT2D eigenvalue weighted by Gasteiger charge is 2.15. The van der Waals surface area contributed by atoms with Gasteiger partial charge in [0.1, 0.15) is 11.6 Å². The standard InChI is InChI=1S/C15H15ClN2O2/c1-10-3-8-14(17-9-10)18-15(19)11(2)20-13-6-4-12(16)5-7-13/h3-9,11H,1-2H3,(H,17,18,19). The van der Waals surface area contributed by atoms with Crippen LogP contribution in [0.1, 0.15) is 12.5 Å². The van der Waals surface area contributed by atoms with Gasteiger partial charge in [-0.05, 0) is 49.7 Å². The van der Waals surface area contributed by atoms with E-state index in [-0.39, 0.29) is 5.91 Å². The first-order valence-electron chi connectivity index (χ1n) is 6.20. The Morgan fingerprint density at radius 3 is 2.55 bits per heavy atom. The summed E-state index contributed by atoms with van der Waals surface area (Å²) in [6, 6.07) is 10.5. The van der Waals surface area contributed by atoms with Crippen LogP contribution in [0.3, 0.4) is 0 Å². The second kappa shape index (κ2) is 6.39. The van der Waals surface area contributed by atoms with Crippen molar-refractivity contribution in [2.75, 3.05) is 5.32 Å². The Balaban J connectivity index is 1.94. The Kier molecular flexibility index (Phi) is 4.58. The van der Waals surface area contributed by atoms with E-state index in [1.165, 1.54) is 0 Å². The van der Waals surface area contributed by atoms with E-state index in [0.29, 0.717) is 16.6 Å². The summed E-state index contributed by atoms with van der Waals surface area (Å²) in [5.41, 5.74) is 1.04. The lowest BCUT2D eigenvalue weighted by molar-refractivity contribution is -0.122. The molecule has 1 N–H and O–H groups in total. The van der Waals surface area contributed by atoms with Crippen LogP contribution in [0.15, 0.2) is 42.6 Å². The van der Waals surface area contributed by atoms with Gasteiger partial charge >= 0.3 is 0 Å². The zero-order chi connectivity index (χ0) is 14.5. The molecule has 2 aromatic rings. The SMILES string of the molecule is Cc1ccc(NC(=O)C(C)Oc2ccc(Cl)cc2)nc1. The van der Waals surface area contributed by atoms with Crippen LogP contribution in [0.5, 0.6) is 5.75 Å². The molecule has 1 heterocycles. The molecule has 2 rings (SSSR count). The summed E-state index contributed by atoms with van der Waals surface area (Å²) in [6.07, 6.45) is 1.07. The Hall–Kier alpha value is -2.07. The van der Waals surface area contributed by atoms with Crippen LogP contribution in [0.4, 0.5) is 5.82 Å². The van der Waals surface area contributed by atoms with Crippen LogP contribution in [0, 0.1) is 6.92 Å². The Morgan fingerprint density at radius 1 is 1.25 bits per heavy atom. The van der Waals surface area contributed by atoms with Gasteiger partial charge in [-0.2, -0.15) is 0 Å². The minimum atomic E-state index is -0.626. The first-order chi connectivity index (χ1) is 9.54. The third kappa shape index (κ3) is 3.96. The van der Waals surface area contributed by atoms with Gasteiger partial charge in [0.25, 0.3) is 5.91 Å². The molecule has 0 saturated heterocycles. The maximum absolute atomic E-state index is 12.0. The van der Waals surface area contributed by atoms with Crippen LogP contribution in [-0.4, -0.2) is 17.0 Å². The average molecular weight is 291 g/mol. The number of halogens is 1. The number of nitrogens with one attached hydrogen (secondary N) is 1. The number of hydrogen-bond donors (Lipinski definition) is 1. The van der Waals surface area contributed by atoms with Gasteiger partial charge in [0.05, 0.1) is 0 Å². The number of pyridine rings is 1. The minimum Gasteiger partial charge on any atom is -0.481 e. The van der Waals surface area contributed by atoms with E-state index in [1.807, 2.05) is 13.0 Å². The number of aromatic nitrogens is 1. The zero-order valence-electron chi connectivity index (χ0n) is 11.3. The largest absolute Gasteiger partial charge is 0.481 e. The number of anilines is 1. The maximum atomic E-state index is 12.0. The summed E-state index contributed by atoms with van der Waals surface area (Å²) in [5, 5.41) is 3.32. The topological polar surface area (TPSA) is 51.2 Å². The van der Waals surface area contributed by atoms with E-state index in [9.17, 15) is 4.79 Å². The Morgan fingerprint density at radius 2 is 1.95 bits per heavy atom. The molecule has 0 fully saturated rings. The lowest BCUT2D eigenvalue weighted by Crippen LogP contribution is -2.30. The monoisotopic (exact) mass is 290 g/mol. The van der Waals surface area contributed by atoms with Crippen molar-refractivity contribution in [1.82, 2.24) is 4.98 Å². The van der Waals surface area contributed by atoms with E-state index in [4.69, 9.17) is 16.3 Å². The number of carbonyl (C=O) groups excluding carboxylic acids is 1. The summed E-state index contributed by atoms with van der Waals surface area (Å²) in [6.45, 7) is 3.61. The summed E-state index contributed by atoms with van der Waals surface area (Å²) in [5.74, 6) is 0.845. The normalized spacial score (nSPS) is 11.8. The van der Waals surface area contributed by atoms with Crippen molar-refractivity contribution in [3.8, 4) is 5.75 Å². The molecule has 1 unspecified atom stereocenters. The van der Waals surface area contributed by atoms with Crippen LogP contribution >= 0.6 is 11.6 Å². The van der Waals surface area contributed by atoms with Crippen molar-refractivity contribution in [2.45, 2.75) is 20.0 Å². The van der Waals surface area contributed by atoms with Crippen molar-refractivity contribution in [3.63, 3.8) is 0 Å². The fourth-order valence-electron chi connectivity index (χ4n) is 1.54. The quantitative estimate of drug-likeness (QED) is 0.938. The summed E-state index contributed by atoms with van der Waals surface area (Å²) >= 11 is 5.79. The fourth-order valence-corrected chi connectivity index (χ4v) is 1.67. The third-order valence-corrected chi connectivity index (χ3v) is 2.91. The van der Waals surface area contributed by atoms with E-state index < -0.39 is 6.10 Å². The molecule has 1 amide bonds. The summed E-state index contributed by atoms with van der Waals surface area (Å²) < 4.78 is 5.53. The van der Waals surface area contributed by atoms with Gasteiger partial charge in [0, 0.05) is 11.2 Å². The average Bonchev–Trinajstić information content (AvgIpc) is 2.44. The highest BCUT2D eigenvalue weighted by molar-refractivity contribution is 6.30. The van der Waals surface area contributed by atoms with E-state index in [0.717, 1.165) is 5.56 Å². The summed E-state index contributed by atoms with van der Waals surface area (Å²) in [7, 11) is 0. The molecule has 1 aromatic carbocycles. The molecule has 0 aliphatic heterocycles. The molecule has 0 bridgehead atoms. The van der Waals surface area contributed by atoms with Crippen molar-refractivity contribution in [3.05, 3.63) is 53.2 Å². The first-order valence-corrected chi connectivity index (χ1v) is 6.58.